The van der Waals surface area contributed by atoms with Crippen molar-refractivity contribution < 1.29 is 18.3 Å². The fourth-order valence-corrected chi connectivity index (χ4v) is 7.56. The zero-order valence-corrected chi connectivity index (χ0v) is 24.6. The molecule has 3 heterocycles. The van der Waals surface area contributed by atoms with Gasteiger partial charge in [-0.25, -0.2) is 18.7 Å². The predicted octanol–water partition coefficient (Wildman–Crippen LogP) is 6.04. The molecule has 1 aliphatic carbocycles. The second kappa shape index (κ2) is 12.8. The van der Waals surface area contributed by atoms with Gasteiger partial charge in [-0.3, -0.25) is 9.78 Å². The van der Waals surface area contributed by atoms with Crippen LogP contribution in [0.25, 0.3) is 11.3 Å². The van der Waals surface area contributed by atoms with Crippen LogP contribution in [0.5, 0.6) is 5.88 Å². The molecule has 1 aromatic carbocycles. The van der Waals surface area contributed by atoms with Crippen molar-refractivity contribution in [1.82, 2.24) is 15.0 Å². The molecule has 0 spiro atoms. The van der Waals surface area contributed by atoms with Crippen molar-refractivity contribution >= 4 is 39.0 Å². The largest absolute Gasteiger partial charge is 0.473 e. The van der Waals surface area contributed by atoms with Crippen LogP contribution in [0, 0.1) is 15.2 Å². The standard InChI is InChI=1S/C31H30F2IN5O2/c1-3-34(2)23-8-6-7-21(32)29(23)30-22(33)11-12-25(38-30)31(40)39-26-18-36-16-14-20(26)19-10-13-27(24(35)17-19)41-28-9-4-5-15-37-28/h3-9,11-12,14-16,18-19,24,27H,2,10,13,17,35H2,1H3,(H,39,40)/t19-,24-,27+/m0/s1. The first-order chi connectivity index (χ1) is 19.9. The molecule has 3 N–H and O–H groups in total. The first-order valence-corrected chi connectivity index (χ1v) is 17.0. The van der Waals surface area contributed by atoms with Crippen molar-refractivity contribution in [2.24, 2.45) is 5.73 Å². The summed E-state index contributed by atoms with van der Waals surface area (Å²) in [5.41, 5.74) is 7.72. The molecule has 1 aliphatic rings. The fraction of sp³-hybridized carbons (Fsp3) is 0.226. The quantitative estimate of drug-likeness (QED) is 0.233. The van der Waals surface area contributed by atoms with E-state index in [2.05, 4.69) is 24.8 Å². The van der Waals surface area contributed by atoms with E-state index < -0.39 is 36.4 Å². The van der Waals surface area contributed by atoms with E-state index in [4.69, 9.17) is 10.5 Å². The Labute approximate surface area is 243 Å². The number of carbonyl (C=O) groups excluding carboxylic acids is 1. The number of benzene rings is 1. The van der Waals surface area contributed by atoms with Gasteiger partial charge in [-0.2, -0.15) is 0 Å². The third-order valence-corrected chi connectivity index (χ3v) is 11.0. The summed E-state index contributed by atoms with van der Waals surface area (Å²) in [6, 6.07) is 14.1. The molecule has 3 atom stereocenters. The summed E-state index contributed by atoms with van der Waals surface area (Å²) < 4.78 is 42.7. The van der Waals surface area contributed by atoms with E-state index in [1.54, 1.807) is 36.8 Å². The molecule has 1 saturated carbocycles. The van der Waals surface area contributed by atoms with Crippen LogP contribution in [0.1, 0.15) is 48.2 Å². The van der Waals surface area contributed by atoms with Crippen LogP contribution < -0.4 is 15.8 Å². The van der Waals surface area contributed by atoms with E-state index in [1.807, 2.05) is 29.1 Å². The van der Waals surface area contributed by atoms with E-state index >= 15 is 0 Å². The maximum Gasteiger partial charge on any atom is 0.274 e. The number of ether oxygens (including phenoxy) is 1. The molecule has 0 unspecified atom stereocenters. The lowest BCUT2D eigenvalue weighted by molar-refractivity contribution is 0.102. The first kappa shape index (κ1) is 28.7. The van der Waals surface area contributed by atoms with Crippen molar-refractivity contribution in [2.75, 3.05) is 5.32 Å². The summed E-state index contributed by atoms with van der Waals surface area (Å²) in [6.07, 6.45) is 6.91. The van der Waals surface area contributed by atoms with Gasteiger partial charge >= 0.3 is 0 Å². The summed E-state index contributed by atoms with van der Waals surface area (Å²) in [4.78, 5) is 26.0. The van der Waals surface area contributed by atoms with Gasteiger partial charge in [0.25, 0.3) is 5.91 Å². The molecule has 0 bridgehead atoms. The van der Waals surface area contributed by atoms with Crippen LogP contribution in [-0.4, -0.2) is 41.5 Å². The number of nitrogens with one attached hydrogen (secondary N) is 1. The zero-order valence-electron chi connectivity index (χ0n) is 22.4. The highest BCUT2D eigenvalue weighted by molar-refractivity contribution is 14.2. The molecule has 212 valence electrons. The van der Waals surface area contributed by atoms with Crippen LogP contribution in [-0.2, 0) is 0 Å². The Morgan fingerprint density at radius 3 is 2.71 bits per heavy atom. The topological polar surface area (TPSA) is 103 Å². The molecule has 0 aliphatic heterocycles. The number of nitrogens with two attached hydrogens (primary N) is 1. The van der Waals surface area contributed by atoms with Gasteiger partial charge in [0, 0.05) is 28.1 Å². The number of nitrogens with zero attached hydrogens (tertiary/aromatic N) is 3. The van der Waals surface area contributed by atoms with Gasteiger partial charge in [-0.05, 0) is 74.1 Å². The molecule has 0 radical (unpaired) electrons. The molecule has 10 heteroatoms. The van der Waals surface area contributed by atoms with Gasteiger partial charge in [0.15, 0.2) is 0 Å². The lowest BCUT2D eigenvalue weighted by Gasteiger charge is -2.34. The number of pyridine rings is 3. The Morgan fingerprint density at radius 2 is 1.95 bits per heavy atom. The van der Waals surface area contributed by atoms with Crippen LogP contribution in [0.2, 0.25) is 0 Å². The Balaban J connectivity index is 1.37. The Morgan fingerprint density at radius 1 is 1.10 bits per heavy atom. The summed E-state index contributed by atoms with van der Waals surface area (Å²) in [5.74, 6) is -1.27. The highest BCUT2D eigenvalue weighted by Crippen LogP contribution is 2.37. The molecular weight excluding hydrogens is 639 g/mol. The normalized spacial score (nSPS) is 19.5. The molecule has 3 aromatic heterocycles. The SMILES string of the molecule is C=I(=C\C)/c1cccc(F)c1-c1nc(C(=O)Nc2cnccc2[C@H]2CC[C@@H](Oc3ccccn3)[C@@H](N)C2)ccc1F. The highest BCUT2D eigenvalue weighted by Gasteiger charge is 2.32. The maximum atomic E-state index is 15.0. The van der Waals surface area contributed by atoms with Gasteiger partial charge in [0.05, 0.1) is 17.4 Å². The Bertz CT molecular complexity index is 1640. The van der Waals surface area contributed by atoms with E-state index in [1.165, 1.54) is 12.1 Å². The number of hydrogen-bond acceptors (Lipinski definition) is 6. The summed E-state index contributed by atoms with van der Waals surface area (Å²) >= 11 is -2.09. The number of hydrogen-bond donors (Lipinski definition) is 2. The van der Waals surface area contributed by atoms with Gasteiger partial charge in [0.2, 0.25) is 5.88 Å². The van der Waals surface area contributed by atoms with Crippen LogP contribution in [0.3, 0.4) is 0 Å². The van der Waals surface area contributed by atoms with E-state index in [0.29, 0.717) is 21.6 Å². The Hall–Kier alpha value is -3.77. The van der Waals surface area contributed by atoms with E-state index in [9.17, 15) is 13.6 Å². The lowest BCUT2D eigenvalue weighted by atomic mass is 9.80. The minimum Gasteiger partial charge on any atom is -0.473 e. The second-order valence-electron chi connectivity index (χ2n) is 9.65. The van der Waals surface area contributed by atoms with Gasteiger partial charge in [-0.15, -0.1) is 18.9 Å². The van der Waals surface area contributed by atoms with Crippen LogP contribution in [0.4, 0.5) is 14.5 Å². The summed E-state index contributed by atoms with van der Waals surface area (Å²) in [5, 5.41) is 2.88. The maximum absolute atomic E-state index is 15.0. The van der Waals surface area contributed by atoms with Crippen molar-refractivity contribution in [3.63, 3.8) is 0 Å². The van der Waals surface area contributed by atoms with Crippen LogP contribution >= 0.6 is 18.9 Å². The van der Waals surface area contributed by atoms with E-state index in [-0.39, 0.29) is 35.0 Å². The summed E-state index contributed by atoms with van der Waals surface area (Å²) in [7, 11) is 0. The smallest absolute Gasteiger partial charge is 0.274 e. The first-order valence-electron chi connectivity index (χ1n) is 13.2. The number of carbonyl (C=O) groups is 1. The predicted molar refractivity (Wildman–Crippen MR) is 167 cm³/mol. The molecule has 1 amide bonds. The number of aromatic nitrogens is 3. The fourth-order valence-electron chi connectivity index (χ4n) is 5.02. The van der Waals surface area contributed by atoms with Crippen molar-refractivity contribution in [3.8, 4) is 17.1 Å². The molecule has 41 heavy (non-hydrogen) atoms. The van der Waals surface area contributed by atoms with Crippen molar-refractivity contribution in [3.05, 3.63) is 99.6 Å². The van der Waals surface area contributed by atoms with Gasteiger partial charge in [0.1, 0.15) is 29.1 Å². The average molecular weight is 670 g/mol. The highest BCUT2D eigenvalue weighted by atomic mass is 127. The van der Waals surface area contributed by atoms with Crippen LogP contribution in [0.15, 0.2) is 73.2 Å². The number of anilines is 1. The minimum absolute atomic E-state index is 0.0422. The van der Waals surface area contributed by atoms with Crippen molar-refractivity contribution in [2.45, 2.75) is 44.2 Å². The van der Waals surface area contributed by atoms with E-state index in [0.717, 1.165) is 24.5 Å². The number of halogens is 3. The number of amides is 1. The lowest BCUT2D eigenvalue weighted by Crippen LogP contribution is -2.43. The Kier molecular flexibility index (Phi) is 8.99. The number of rotatable bonds is 7. The average Bonchev–Trinajstić information content (AvgIpc) is 2.99. The third-order valence-electron chi connectivity index (χ3n) is 7.09. The van der Waals surface area contributed by atoms with Gasteiger partial charge < -0.3 is 15.8 Å². The molecule has 4 aromatic rings. The van der Waals surface area contributed by atoms with Crippen molar-refractivity contribution in [1.29, 1.82) is 0 Å². The second-order valence-corrected chi connectivity index (χ2v) is 14.3. The molecule has 7 nitrogen and oxygen atoms in total. The zero-order chi connectivity index (χ0) is 28.9. The molecular formula is C31H30F2IN5O2. The third kappa shape index (κ3) is 6.43. The molecule has 0 saturated heterocycles. The summed E-state index contributed by atoms with van der Waals surface area (Å²) in [6.45, 7) is 1.86. The minimum atomic E-state index is -2.09. The van der Waals surface area contributed by atoms with Gasteiger partial charge in [-0.1, -0.05) is 20.7 Å². The molecule has 1 fully saturated rings. The monoisotopic (exact) mass is 669 g/mol. The molecule has 5 rings (SSSR count).